The first-order valence-electron chi connectivity index (χ1n) is 5.69. The van der Waals surface area contributed by atoms with Crippen LogP contribution in [0.2, 0.25) is 0 Å². The molecular formula is C12H16N2O5. The summed E-state index contributed by atoms with van der Waals surface area (Å²) in [4.78, 5) is 21.3. The number of hydrogen-bond donors (Lipinski definition) is 2. The third kappa shape index (κ3) is 4.01. The molecule has 0 aliphatic heterocycles. The molecule has 0 radical (unpaired) electrons. The summed E-state index contributed by atoms with van der Waals surface area (Å²) in [5.41, 5.74) is -0.291. The van der Waals surface area contributed by atoms with Crippen LogP contribution in [0.25, 0.3) is 0 Å². The molecule has 1 aromatic carbocycles. The lowest BCUT2D eigenvalue weighted by molar-refractivity contribution is -0.385. The molecule has 104 valence electrons. The van der Waals surface area contributed by atoms with Crippen molar-refractivity contribution in [2.75, 3.05) is 13.7 Å². The van der Waals surface area contributed by atoms with Crippen molar-refractivity contribution in [3.63, 3.8) is 0 Å². The average molecular weight is 268 g/mol. The lowest BCUT2D eigenvalue weighted by atomic mass is 10.1. The Morgan fingerprint density at radius 1 is 1.58 bits per heavy atom. The van der Waals surface area contributed by atoms with Gasteiger partial charge in [0.1, 0.15) is 5.56 Å². The SMILES string of the molecule is COCC(C)NCc1cccc([N+](=O)[O-])c1C(=O)O. The predicted molar refractivity (Wildman–Crippen MR) is 68.2 cm³/mol. The Balaban J connectivity index is 2.97. The lowest BCUT2D eigenvalue weighted by Crippen LogP contribution is -2.30. The van der Waals surface area contributed by atoms with Crippen LogP contribution in [0.5, 0.6) is 0 Å². The molecule has 0 spiro atoms. The van der Waals surface area contributed by atoms with Gasteiger partial charge >= 0.3 is 5.97 Å². The lowest BCUT2D eigenvalue weighted by Gasteiger charge is -2.13. The molecule has 0 saturated carbocycles. The van der Waals surface area contributed by atoms with Crippen molar-refractivity contribution in [3.8, 4) is 0 Å². The van der Waals surface area contributed by atoms with Gasteiger partial charge in [0.25, 0.3) is 5.69 Å². The number of benzene rings is 1. The van der Waals surface area contributed by atoms with Gasteiger partial charge in [0, 0.05) is 25.8 Å². The summed E-state index contributed by atoms with van der Waals surface area (Å²) in [6.07, 6.45) is 0. The van der Waals surface area contributed by atoms with Crippen molar-refractivity contribution in [1.29, 1.82) is 0 Å². The molecule has 0 aliphatic carbocycles. The van der Waals surface area contributed by atoms with Crippen LogP contribution in [-0.4, -0.2) is 35.8 Å². The summed E-state index contributed by atoms with van der Waals surface area (Å²) in [7, 11) is 1.56. The largest absolute Gasteiger partial charge is 0.477 e. The Hall–Kier alpha value is -1.99. The molecule has 1 atom stereocenters. The Bertz CT molecular complexity index is 475. The van der Waals surface area contributed by atoms with Gasteiger partial charge in [0.05, 0.1) is 11.5 Å². The summed E-state index contributed by atoms with van der Waals surface area (Å²) < 4.78 is 4.94. The molecule has 0 fully saturated rings. The highest BCUT2D eigenvalue weighted by Gasteiger charge is 2.23. The molecule has 0 aromatic heterocycles. The zero-order valence-corrected chi connectivity index (χ0v) is 10.8. The van der Waals surface area contributed by atoms with Crippen LogP contribution in [0, 0.1) is 10.1 Å². The van der Waals surface area contributed by atoms with E-state index < -0.39 is 16.6 Å². The van der Waals surface area contributed by atoms with Crippen LogP contribution >= 0.6 is 0 Å². The molecule has 1 aromatic rings. The van der Waals surface area contributed by atoms with E-state index in [0.717, 1.165) is 0 Å². The zero-order valence-electron chi connectivity index (χ0n) is 10.8. The summed E-state index contributed by atoms with van der Waals surface area (Å²) in [5, 5.41) is 23.0. The number of nitrogens with one attached hydrogen (secondary N) is 1. The van der Waals surface area contributed by atoms with Crippen LogP contribution in [0.4, 0.5) is 5.69 Å². The number of rotatable bonds is 7. The van der Waals surface area contributed by atoms with Crippen molar-refractivity contribution < 1.29 is 19.6 Å². The molecule has 7 nitrogen and oxygen atoms in total. The van der Waals surface area contributed by atoms with Gasteiger partial charge in [-0.05, 0) is 12.5 Å². The van der Waals surface area contributed by atoms with Crippen molar-refractivity contribution in [2.45, 2.75) is 19.5 Å². The second-order valence-electron chi connectivity index (χ2n) is 4.11. The molecule has 19 heavy (non-hydrogen) atoms. The monoisotopic (exact) mass is 268 g/mol. The third-order valence-corrected chi connectivity index (χ3v) is 2.60. The van der Waals surface area contributed by atoms with E-state index in [2.05, 4.69) is 5.32 Å². The number of ether oxygens (including phenoxy) is 1. The molecule has 2 N–H and O–H groups in total. The third-order valence-electron chi connectivity index (χ3n) is 2.60. The van der Waals surface area contributed by atoms with Gasteiger partial charge in [0.2, 0.25) is 0 Å². The second kappa shape index (κ2) is 6.81. The van der Waals surface area contributed by atoms with E-state index >= 15 is 0 Å². The van der Waals surface area contributed by atoms with Gasteiger partial charge in [-0.15, -0.1) is 0 Å². The van der Waals surface area contributed by atoms with E-state index in [1.165, 1.54) is 12.1 Å². The first kappa shape index (κ1) is 15.1. The maximum Gasteiger partial charge on any atom is 0.343 e. The topological polar surface area (TPSA) is 102 Å². The Labute approximate surface area is 110 Å². The summed E-state index contributed by atoms with van der Waals surface area (Å²) >= 11 is 0. The normalized spacial score (nSPS) is 12.1. The van der Waals surface area contributed by atoms with Gasteiger partial charge in [-0.25, -0.2) is 4.79 Å². The second-order valence-corrected chi connectivity index (χ2v) is 4.11. The summed E-state index contributed by atoms with van der Waals surface area (Å²) in [6, 6.07) is 4.24. The highest BCUT2D eigenvalue weighted by atomic mass is 16.6. The molecule has 0 amide bonds. The summed E-state index contributed by atoms with van der Waals surface area (Å²) in [6.45, 7) is 2.58. The van der Waals surface area contributed by atoms with Crippen LogP contribution in [-0.2, 0) is 11.3 Å². The summed E-state index contributed by atoms with van der Waals surface area (Å²) in [5.74, 6) is -1.30. The minimum Gasteiger partial charge on any atom is -0.477 e. The average Bonchev–Trinajstić information content (AvgIpc) is 2.35. The number of nitro benzene ring substituents is 1. The van der Waals surface area contributed by atoms with Crippen LogP contribution in [0.1, 0.15) is 22.8 Å². The highest BCUT2D eigenvalue weighted by Crippen LogP contribution is 2.22. The minimum atomic E-state index is -1.30. The van der Waals surface area contributed by atoms with Gasteiger partial charge < -0.3 is 15.2 Å². The van der Waals surface area contributed by atoms with Gasteiger partial charge in [0.15, 0.2) is 0 Å². The molecule has 0 aliphatic rings. The van der Waals surface area contributed by atoms with Gasteiger partial charge in [-0.1, -0.05) is 12.1 Å². The van der Waals surface area contributed by atoms with Crippen molar-refractivity contribution in [1.82, 2.24) is 5.32 Å². The van der Waals surface area contributed by atoms with E-state index in [1.807, 2.05) is 6.92 Å². The number of carbonyl (C=O) groups is 1. The molecular weight excluding hydrogens is 252 g/mol. The molecule has 0 saturated heterocycles. The van der Waals surface area contributed by atoms with Crippen molar-refractivity contribution in [2.24, 2.45) is 0 Å². The van der Waals surface area contributed by atoms with Gasteiger partial charge in [-0.2, -0.15) is 0 Å². The molecule has 0 bridgehead atoms. The first-order chi connectivity index (χ1) is 8.97. The maximum atomic E-state index is 11.2. The van der Waals surface area contributed by atoms with E-state index in [1.54, 1.807) is 13.2 Å². The van der Waals surface area contributed by atoms with Crippen molar-refractivity contribution >= 4 is 11.7 Å². The number of hydrogen-bond acceptors (Lipinski definition) is 5. The number of nitro groups is 1. The fourth-order valence-electron chi connectivity index (χ4n) is 1.73. The molecule has 1 unspecified atom stereocenters. The van der Waals surface area contributed by atoms with E-state index in [9.17, 15) is 14.9 Å². The zero-order chi connectivity index (χ0) is 14.4. The standard InChI is InChI=1S/C12H16N2O5/c1-8(7-19-2)13-6-9-4-3-5-10(14(17)18)11(9)12(15)16/h3-5,8,13H,6-7H2,1-2H3,(H,15,16). The quantitative estimate of drug-likeness (QED) is 0.572. The first-order valence-corrected chi connectivity index (χ1v) is 5.69. The molecule has 0 heterocycles. The highest BCUT2D eigenvalue weighted by molar-refractivity contribution is 5.94. The Morgan fingerprint density at radius 3 is 2.79 bits per heavy atom. The van der Waals surface area contributed by atoms with E-state index in [0.29, 0.717) is 12.2 Å². The van der Waals surface area contributed by atoms with E-state index in [-0.39, 0.29) is 18.2 Å². The Kier molecular flexibility index (Phi) is 5.40. The fourth-order valence-corrected chi connectivity index (χ4v) is 1.73. The smallest absolute Gasteiger partial charge is 0.343 e. The van der Waals surface area contributed by atoms with Crippen LogP contribution < -0.4 is 5.32 Å². The maximum absolute atomic E-state index is 11.2. The number of methoxy groups -OCH3 is 1. The predicted octanol–water partition coefficient (Wildman–Crippen LogP) is 1.42. The van der Waals surface area contributed by atoms with Crippen LogP contribution in [0.3, 0.4) is 0 Å². The number of carboxylic acid groups (broad SMARTS) is 1. The van der Waals surface area contributed by atoms with E-state index in [4.69, 9.17) is 9.84 Å². The minimum absolute atomic E-state index is 0.0194. The Morgan fingerprint density at radius 2 is 2.26 bits per heavy atom. The fraction of sp³-hybridized carbons (Fsp3) is 0.417. The number of carboxylic acids is 1. The number of nitrogens with zero attached hydrogens (tertiary/aromatic N) is 1. The molecule has 7 heteroatoms. The van der Waals surface area contributed by atoms with Crippen molar-refractivity contribution in [3.05, 3.63) is 39.4 Å². The van der Waals surface area contributed by atoms with Gasteiger partial charge in [-0.3, -0.25) is 10.1 Å². The molecule has 1 rings (SSSR count). The number of aromatic carboxylic acids is 1. The van der Waals surface area contributed by atoms with Crippen LogP contribution in [0.15, 0.2) is 18.2 Å².